The zero-order valence-corrected chi connectivity index (χ0v) is 6.59. The lowest BCUT2D eigenvalue weighted by molar-refractivity contribution is 0.942. The van der Waals surface area contributed by atoms with Gasteiger partial charge in [0.15, 0.2) is 0 Å². The molecule has 0 amide bonds. The Morgan fingerprint density at radius 2 is 2.45 bits per heavy atom. The molecule has 0 aromatic carbocycles. The van der Waals surface area contributed by atoms with Gasteiger partial charge in [0.1, 0.15) is 10.6 Å². The third-order valence-corrected chi connectivity index (χ3v) is 2.15. The molecule has 0 aliphatic rings. The first kappa shape index (κ1) is 6.41. The number of hydrogen-bond donors (Lipinski definition) is 1. The van der Waals surface area contributed by atoms with Crippen LogP contribution in [-0.2, 0) is 0 Å². The number of rotatable bonds is 1. The highest BCUT2D eigenvalue weighted by molar-refractivity contribution is 7.09. The summed E-state index contributed by atoms with van der Waals surface area (Å²) in [6.45, 7) is 1.90. The highest BCUT2D eigenvalue weighted by Crippen LogP contribution is 2.21. The Kier molecular flexibility index (Phi) is 1.39. The maximum absolute atomic E-state index is 3.91. The van der Waals surface area contributed by atoms with E-state index in [1.54, 1.807) is 6.20 Å². The second kappa shape index (κ2) is 2.39. The van der Waals surface area contributed by atoms with E-state index in [9.17, 15) is 0 Å². The van der Waals surface area contributed by atoms with E-state index in [1.165, 1.54) is 11.5 Å². The summed E-state index contributed by atoms with van der Waals surface area (Å²) in [7, 11) is 0. The lowest BCUT2D eigenvalue weighted by Gasteiger charge is -1.85. The number of nitrogens with one attached hydrogen (secondary N) is 1. The Morgan fingerprint density at radius 3 is 3.00 bits per heavy atom. The van der Waals surface area contributed by atoms with Crippen LogP contribution in [0, 0.1) is 6.92 Å². The van der Waals surface area contributed by atoms with Crippen molar-refractivity contribution in [1.29, 1.82) is 0 Å². The maximum atomic E-state index is 3.91. The fraction of sp³-hybridized carbons (Fsp3) is 0.200. The molecule has 0 bridgehead atoms. The number of H-pyrrole nitrogens is 1. The second-order valence-electron chi connectivity index (χ2n) is 2.04. The molecule has 0 unspecified atom stereocenters. The zero-order valence-electron chi connectivity index (χ0n) is 5.77. The summed E-state index contributed by atoms with van der Waals surface area (Å²) in [5.74, 6) is 0. The van der Waals surface area contributed by atoms with Crippen LogP contribution in [0.5, 0.6) is 0 Å². The predicted molar refractivity (Wildman–Crippen MR) is 40.0 cm³/mol. The molecule has 0 saturated carbocycles. The van der Waals surface area contributed by atoms with E-state index in [0.717, 1.165) is 16.3 Å². The molecule has 5 nitrogen and oxygen atoms in total. The molecule has 0 spiro atoms. The minimum Gasteiger partial charge on any atom is -0.197 e. The van der Waals surface area contributed by atoms with Crippen LogP contribution in [0.2, 0.25) is 0 Å². The molecule has 0 saturated heterocycles. The molecule has 6 heteroatoms. The van der Waals surface area contributed by atoms with Crippen LogP contribution in [0.1, 0.15) is 5.69 Å². The Hall–Kier alpha value is -1.30. The van der Waals surface area contributed by atoms with Crippen molar-refractivity contribution in [2.75, 3.05) is 0 Å². The maximum Gasteiger partial charge on any atom is 0.126 e. The van der Waals surface area contributed by atoms with Crippen LogP contribution in [-0.4, -0.2) is 25.0 Å². The van der Waals surface area contributed by atoms with E-state index in [4.69, 9.17) is 0 Å². The topological polar surface area (TPSA) is 67.3 Å². The third kappa shape index (κ3) is 1.01. The van der Waals surface area contributed by atoms with Gasteiger partial charge in [0.25, 0.3) is 0 Å². The van der Waals surface area contributed by atoms with E-state index in [0.29, 0.717) is 0 Å². The van der Waals surface area contributed by atoms with Gasteiger partial charge in [-0.3, -0.25) is 0 Å². The molecule has 2 aromatic heterocycles. The van der Waals surface area contributed by atoms with Crippen LogP contribution in [0.4, 0.5) is 0 Å². The molecule has 0 aliphatic heterocycles. The van der Waals surface area contributed by atoms with Gasteiger partial charge in [0, 0.05) is 0 Å². The standard InChI is InChI=1S/C5H5N5S/c1-3-5(11-10-7-3)4-2-6-9-8-4/h2H,1H3,(H,6,8,9). The van der Waals surface area contributed by atoms with Crippen LogP contribution in [0.3, 0.4) is 0 Å². The third-order valence-electron chi connectivity index (χ3n) is 1.30. The Labute approximate surface area is 66.6 Å². The number of aromatic amines is 1. The molecular formula is C5H5N5S. The summed E-state index contributed by atoms with van der Waals surface area (Å²) in [5, 5.41) is 14.0. The van der Waals surface area contributed by atoms with Gasteiger partial charge in [-0.05, 0) is 18.5 Å². The van der Waals surface area contributed by atoms with Crippen molar-refractivity contribution in [1.82, 2.24) is 25.0 Å². The van der Waals surface area contributed by atoms with Crippen molar-refractivity contribution < 1.29 is 0 Å². The molecule has 0 fully saturated rings. The molecule has 2 rings (SSSR count). The Balaban J connectivity index is 2.53. The predicted octanol–water partition coefficient (Wildman–Crippen LogP) is 0.632. The minimum atomic E-state index is 0.803. The molecule has 0 radical (unpaired) electrons. The Bertz CT molecular complexity index is 337. The summed E-state index contributed by atoms with van der Waals surface area (Å²) in [5.41, 5.74) is 1.70. The van der Waals surface area contributed by atoms with Crippen LogP contribution in [0.25, 0.3) is 10.6 Å². The number of aromatic nitrogens is 5. The highest BCUT2D eigenvalue weighted by Gasteiger charge is 2.07. The highest BCUT2D eigenvalue weighted by atomic mass is 32.1. The largest absolute Gasteiger partial charge is 0.197 e. The fourth-order valence-electron chi connectivity index (χ4n) is 0.777. The molecule has 2 heterocycles. The van der Waals surface area contributed by atoms with Gasteiger partial charge < -0.3 is 0 Å². The Morgan fingerprint density at radius 1 is 1.55 bits per heavy atom. The van der Waals surface area contributed by atoms with Crippen LogP contribution >= 0.6 is 11.5 Å². The van der Waals surface area contributed by atoms with E-state index in [-0.39, 0.29) is 0 Å². The van der Waals surface area contributed by atoms with E-state index in [2.05, 4.69) is 25.0 Å². The smallest absolute Gasteiger partial charge is 0.126 e. The summed E-state index contributed by atoms with van der Waals surface area (Å²) in [4.78, 5) is 0.971. The summed E-state index contributed by atoms with van der Waals surface area (Å²) in [6.07, 6.45) is 1.65. The van der Waals surface area contributed by atoms with Crippen molar-refractivity contribution in [2.45, 2.75) is 6.92 Å². The lowest BCUT2D eigenvalue weighted by atomic mass is 10.3. The van der Waals surface area contributed by atoms with Gasteiger partial charge in [-0.15, -0.1) is 5.10 Å². The lowest BCUT2D eigenvalue weighted by Crippen LogP contribution is -1.77. The molecule has 0 aliphatic carbocycles. The molecular weight excluding hydrogens is 162 g/mol. The minimum absolute atomic E-state index is 0.803. The van der Waals surface area contributed by atoms with Gasteiger partial charge in [0.05, 0.1) is 11.9 Å². The first-order valence-electron chi connectivity index (χ1n) is 3.03. The molecule has 2 aromatic rings. The van der Waals surface area contributed by atoms with Crippen LogP contribution < -0.4 is 0 Å². The summed E-state index contributed by atoms with van der Waals surface area (Å²) >= 11 is 1.32. The van der Waals surface area contributed by atoms with E-state index < -0.39 is 0 Å². The van der Waals surface area contributed by atoms with E-state index >= 15 is 0 Å². The second-order valence-corrected chi connectivity index (χ2v) is 2.80. The fourth-order valence-corrected chi connectivity index (χ4v) is 1.39. The molecule has 0 atom stereocenters. The van der Waals surface area contributed by atoms with Crippen molar-refractivity contribution in [2.24, 2.45) is 0 Å². The average molecular weight is 167 g/mol. The van der Waals surface area contributed by atoms with Crippen molar-refractivity contribution >= 4 is 11.5 Å². The monoisotopic (exact) mass is 167 g/mol. The molecule has 1 N–H and O–H groups in total. The van der Waals surface area contributed by atoms with Gasteiger partial charge in [-0.1, -0.05) is 4.49 Å². The van der Waals surface area contributed by atoms with Gasteiger partial charge in [-0.2, -0.15) is 15.4 Å². The number of nitrogens with zero attached hydrogens (tertiary/aromatic N) is 4. The van der Waals surface area contributed by atoms with Gasteiger partial charge in [0.2, 0.25) is 0 Å². The summed E-state index contributed by atoms with van der Waals surface area (Å²) in [6, 6.07) is 0. The zero-order chi connectivity index (χ0) is 7.68. The van der Waals surface area contributed by atoms with Crippen molar-refractivity contribution in [3.63, 3.8) is 0 Å². The van der Waals surface area contributed by atoms with E-state index in [1.807, 2.05) is 6.92 Å². The van der Waals surface area contributed by atoms with Crippen LogP contribution in [0.15, 0.2) is 6.20 Å². The van der Waals surface area contributed by atoms with Gasteiger partial charge in [-0.25, -0.2) is 0 Å². The normalized spacial score (nSPS) is 10.3. The quantitative estimate of drug-likeness (QED) is 0.676. The average Bonchev–Trinajstić information content (AvgIpc) is 2.55. The molecule has 56 valence electrons. The SMILES string of the molecule is Cc1nnsc1-c1cn[nH]n1. The first-order chi connectivity index (χ1) is 5.38. The van der Waals surface area contributed by atoms with Crippen molar-refractivity contribution in [3.05, 3.63) is 11.9 Å². The summed E-state index contributed by atoms with van der Waals surface area (Å²) < 4.78 is 3.79. The van der Waals surface area contributed by atoms with Gasteiger partial charge >= 0.3 is 0 Å². The van der Waals surface area contributed by atoms with Crippen molar-refractivity contribution in [3.8, 4) is 10.6 Å². The first-order valence-corrected chi connectivity index (χ1v) is 3.80. The number of aryl methyl sites for hydroxylation is 1. The molecule has 11 heavy (non-hydrogen) atoms. The number of hydrogen-bond acceptors (Lipinski definition) is 5.